The largest absolute Gasteiger partial charge is 0.328 e. The number of rotatable bonds is 14. The monoisotopic (exact) mass is 297 g/mol. The van der Waals surface area contributed by atoms with Crippen molar-refractivity contribution >= 4 is 0 Å². The molecule has 128 valence electrons. The Morgan fingerprint density at radius 3 is 1.67 bits per heavy atom. The number of nitrogens with two attached hydrogens (primary N) is 1. The van der Waals surface area contributed by atoms with Gasteiger partial charge < -0.3 is 5.73 Å². The van der Waals surface area contributed by atoms with Crippen LogP contribution >= 0.6 is 0 Å². The summed E-state index contributed by atoms with van der Waals surface area (Å²) >= 11 is 0. The second-order valence-electron chi connectivity index (χ2n) is 7.84. The van der Waals surface area contributed by atoms with Crippen LogP contribution in [0.1, 0.15) is 105 Å². The molecule has 0 rings (SSSR count). The van der Waals surface area contributed by atoms with E-state index in [2.05, 4.69) is 34.6 Å². The highest BCUT2D eigenvalue weighted by Gasteiger charge is 2.13. The van der Waals surface area contributed by atoms with Gasteiger partial charge in [0.2, 0.25) is 0 Å². The summed E-state index contributed by atoms with van der Waals surface area (Å²) in [7, 11) is 0. The number of hydrogen-bond donors (Lipinski definition) is 1. The molecule has 1 nitrogen and oxygen atoms in total. The molecular weight excluding hydrogens is 254 g/mol. The zero-order chi connectivity index (χ0) is 16.1. The van der Waals surface area contributed by atoms with Crippen LogP contribution in [0.15, 0.2) is 0 Å². The van der Waals surface area contributed by atoms with Gasteiger partial charge in [-0.2, -0.15) is 0 Å². The lowest BCUT2D eigenvalue weighted by Crippen LogP contribution is -2.17. The first-order valence-electron chi connectivity index (χ1n) is 9.72. The van der Waals surface area contributed by atoms with E-state index < -0.39 is 0 Å². The first-order chi connectivity index (χ1) is 9.97. The lowest BCUT2D eigenvalue weighted by Gasteiger charge is -2.21. The summed E-state index contributed by atoms with van der Waals surface area (Å²) < 4.78 is 0. The molecule has 0 spiro atoms. The third kappa shape index (κ3) is 13.4. The maximum atomic E-state index is 5.95. The summed E-state index contributed by atoms with van der Waals surface area (Å²) in [5, 5.41) is 0. The smallest absolute Gasteiger partial charge is 0.00362 e. The molecule has 0 aliphatic rings. The van der Waals surface area contributed by atoms with Crippen LogP contribution in [-0.4, -0.2) is 6.04 Å². The Hall–Kier alpha value is -0.0400. The average molecular weight is 298 g/mol. The van der Waals surface area contributed by atoms with Crippen molar-refractivity contribution < 1.29 is 0 Å². The molecule has 0 aliphatic heterocycles. The summed E-state index contributed by atoms with van der Waals surface area (Å²) in [4.78, 5) is 0. The number of unbranched alkanes of at least 4 members (excludes halogenated alkanes) is 5. The van der Waals surface area contributed by atoms with E-state index in [9.17, 15) is 0 Å². The van der Waals surface area contributed by atoms with E-state index in [4.69, 9.17) is 5.73 Å². The molecule has 21 heavy (non-hydrogen) atoms. The molecule has 2 N–H and O–H groups in total. The first-order valence-corrected chi connectivity index (χ1v) is 9.72. The summed E-state index contributed by atoms with van der Waals surface area (Å²) in [6.07, 6.45) is 15.1. The molecule has 2 atom stereocenters. The van der Waals surface area contributed by atoms with Gasteiger partial charge >= 0.3 is 0 Å². The molecule has 0 saturated carbocycles. The van der Waals surface area contributed by atoms with E-state index in [1.165, 1.54) is 64.2 Å². The highest BCUT2D eigenvalue weighted by atomic mass is 14.6. The van der Waals surface area contributed by atoms with Gasteiger partial charge in [-0.25, -0.2) is 0 Å². The van der Waals surface area contributed by atoms with Gasteiger partial charge in [-0.3, -0.25) is 0 Å². The Labute approximate surface area is 135 Å². The number of hydrogen-bond acceptors (Lipinski definition) is 1. The molecule has 0 radical (unpaired) electrons. The highest BCUT2D eigenvalue weighted by molar-refractivity contribution is 4.65. The van der Waals surface area contributed by atoms with Gasteiger partial charge in [0.05, 0.1) is 0 Å². The fourth-order valence-corrected chi connectivity index (χ4v) is 3.08. The summed E-state index contributed by atoms with van der Waals surface area (Å²) in [5.41, 5.74) is 5.95. The quantitative estimate of drug-likeness (QED) is 0.361. The second-order valence-corrected chi connectivity index (χ2v) is 7.84. The second kappa shape index (κ2) is 13.6. The van der Waals surface area contributed by atoms with Gasteiger partial charge in [-0.15, -0.1) is 0 Å². The van der Waals surface area contributed by atoms with Crippen molar-refractivity contribution in [2.45, 2.75) is 111 Å². The van der Waals surface area contributed by atoms with Crippen LogP contribution in [0.2, 0.25) is 0 Å². The molecule has 0 amide bonds. The van der Waals surface area contributed by atoms with Crippen molar-refractivity contribution in [3.05, 3.63) is 0 Å². The average Bonchev–Trinajstić information content (AvgIpc) is 2.43. The molecule has 0 saturated heterocycles. The van der Waals surface area contributed by atoms with Crippen LogP contribution in [0.5, 0.6) is 0 Å². The molecular formula is C20H43N. The van der Waals surface area contributed by atoms with E-state index in [1.54, 1.807) is 0 Å². The summed E-state index contributed by atoms with van der Waals surface area (Å²) in [6.45, 7) is 11.7. The SMILES string of the molecule is CCC(N)CCCCCCCCC(CCC(C)C)C(C)C. The minimum Gasteiger partial charge on any atom is -0.328 e. The molecule has 0 heterocycles. The topological polar surface area (TPSA) is 26.0 Å². The van der Waals surface area contributed by atoms with E-state index >= 15 is 0 Å². The predicted octanol–water partition coefficient (Wildman–Crippen LogP) is 6.55. The molecule has 0 bridgehead atoms. The maximum Gasteiger partial charge on any atom is 0.00362 e. The first kappa shape index (κ1) is 21.0. The fourth-order valence-electron chi connectivity index (χ4n) is 3.08. The molecule has 1 heteroatoms. The molecule has 0 aromatic heterocycles. The fraction of sp³-hybridized carbons (Fsp3) is 1.00. The third-order valence-corrected chi connectivity index (χ3v) is 4.98. The van der Waals surface area contributed by atoms with Crippen LogP contribution in [-0.2, 0) is 0 Å². The maximum absolute atomic E-state index is 5.95. The summed E-state index contributed by atoms with van der Waals surface area (Å²) in [6, 6.07) is 0.442. The minimum atomic E-state index is 0.442. The van der Waals surface area contributed by atoms with E-state index in [-0.39, 0.29) is 0 Å². The van der Waals surface area contributed by atoms with E-state index in [1.807, 2.05) is 0 Å². The van der Waals surface area contributed by atoms with Crippen molar-refractivity contribution in [1.82, 2.24) is 0 Å². The van der Waals surface area contributed by atoms with Gasteiger partial charge in [0, 0.05) is 6.04 Å². The van der Waals surface area contributed by atoms with E-state index in [0.717, 1.165) is 24.2 Å². The van der Waals surface area contributed by atoms with Gasteiger partial charge in [0.1, 0.15) is 0 Å². The Morgan fingerprint density at radius 2 is 1.19 bits per heavy atom. The zero-order valence-corrected chi connectivity index (χ0v) is 15.7. The lowest BCUT2D eigenvalue weighted by atomic mass is 9.84. The van der Waals surface area contributed by atoms with Crippen LogP contribution < -0.4 is 5.73 Å². The van der Waals surface area contributed by atoms with Crippen LogP contribution in [0.3, 0.4) is 0 Å². The Kier molecular flexibility index (Phi) is 13.6. The van der Waals surface area contributed by atoms with Gasteiger partial charge in [0.25, 0.3) is 0 Å². The van der Waals surface area contributed by atoms with Crippen molar-refractivity contribution in [1.29, 1.82) is 0 Å². The summed E-state index contributed by atoms with van der Waals surface area (Å²) in [5.74, 6) is 2.68. The van der Waals surface area contributed by atoms with Crippen LogP contribution in [0.25, 0.3) is 0 Å². The minimum absolute atomic E-state index is 0.442. The lowest BCUT2D eigenvalue weighted by molar-refractivity contribution is 0.302. The molecule has 0 aliphatic carbocycles. The van der Waals surface area contributed by atoms with Crippen molar-refractivity contribution in [3.63, 3.8) is 0 Å². The van der Waals surface area contributed by atoms with Crippen molar-refractivity contribution in [2.24, 2.45) is 23.5 Å². The van der Waals surface area contributed by atoms with Crippen molar-refractivity contribution in [3.8, 4) is 0 Å². The van der Waals surface area contributed by atoms with Crippen LogP contribution in [0.4, 0.5) is 0 Å². The Bertz CT molecular complexity index is 210. The van der Waals surface area contributed by atoms with E-state index in [0.29, 0.717) is 6.04 Å². The predicted molar refractivity (Wildman–Crippen MR) is 97.6 cm³/mol. The molecule has 0 aromatic rings. The Morgan fingerprint density at radius 1 is 0.667 bits per heavy atom. The standard InChI is InChI=1S/C20H43N/c1-6-20(21)14-12-10-8-7-9-11-13-19(18(4)5)16-15-17(2)3/h17-20H,6-16,21H2,1-5H3. The molecule has 2 unspecified atom stereocenters. The third-order valence-electron chi connectivity index (χ3n) is 4.98. The molecule has 0 fully saturated rings. The van der Waals surface area contributed by atoms with Crippen molar-refractivity contribution in [2.75, 3.05) is 0 Å². The van der Waals surface area contributed by atoms with Gasteiger partial charge in [-0.05, 0) is 37.0 Å². The normalized spacial score (nSPS) is 14.9. The Balaban J connectivity index is 3.49. The highest BCUT2D eigenvalue weighted by Crippen LogP contribution is 2.25. The zero-order valence-electron chi connectivity index (χ0n) is 15.7. The van der Waals surface area contributed by atoms with Gasteiger partial charge in [0.15, 0.2) is 0 Å². The van der Waals surface area contributed by atoms with Crippen LogP contribution in [0, 0.1) is 17.8 Å². The van der Waals surface area contributed by atoms with Gasteiger partial charge in [-0.1, -0.05) is 86.0 Å². The molecule has 0 aromatic carbocycles.